The van der Waals surface area contributed by atoms with Crippen LogP contribution in [0.3, 0.4) is 0 Å². The lowest BCUT2D eigenvalue weighted by Crippen LogP contribution is -2.50. The second-order valence-electron chi connectivity index (χ2n) is 8.98. The molecular weight excluding hydrogens is 503 g/mol. The number of aliphatic imine (C=N–C) groups is 1. The number of ether oxygens (including phenoxy) is 2. The van der Waals surface area contributed by atoms with Crippen molar-refractivity contribution in [1.29, 1.82) is 0 Å². The largest absolute Gasteiger partial charge is 0.381 e. The highest BCUT2D eigenvalue weighted by molar-refractivity contribution is 14.0. The maximum atomic E-state index is 6.00. The van der Waals surface area contributed by atoms with Gasteiger partial charge in [0.2, 0.25) is 0 Å². The average molecular weight is 545 g/mol. The van der Waals surface area contributed by atoms with Crippen LogP contribution in [0.15, 0.2) is 35.3 Å². The average Bonchev–Trinajstić information content (AvgIpc) is 2.77. The lowest BCUT2D eigenvalue weighted by Gasteiger charge is -2.37. The number of morpholine rings is 1. The van der Waals surface area contributed by atoms with E-state index in [1.54, 1.807) is 0 Å². The van der Waals surface area contributed by atoms with Gasteiger partial charge in [0.1, 0.15) is 0 Å². The molecule has 7 heteroatoms. The van der Waals surface area contributed by atoms with Gasteiger partial charge < -0.3 is 20.1 Å². The first kappa shape index (κ1) is 26.4. The molecular formula is C24H41IN4O2. The maximum Gasteiger partial charge on any atom is 0.191 e. The number of rotatable bonds is 8. The Morgan fingerprint density at radius 3 is 2.58 bits per heavy atom. The number of benzene rings is 1. The highest BCUT2D eigenvalue weighted by Crippen LogP contribution is 2.35. The van der Waals surface area contributed by atoms with Crippen molar-refractivity contribution in [3.63, 3.8) is 0 Å². The van der Waals surface area contributed by atoms with Crippen molar-refractivity contribution in [2.75, 3.05) is 59.1 Å². The number of hydrogen-bond acceptors (Lipinski definition) is 4. The van der Waals surface area contributed by atoms with Crippen molar-refractivity contribution in [1.82, 2.24) is 15.5 Å². The smallest absolute Gasteiger partial charge is 0.191 e. The Bertz CT molecular complexity index is 650. The summed E-state index contributed by atoms with van der Waals surface area (Å²) in [6.45, 7) is 14.6. The summed E-state index contributed by atoms with van der Waals surface area (Å²) in [5.41, 5.74) is 1.42. The summed E-state index contributed by atoms with van der Waals surface area (Å²) in [4.78, 5) is 7.52. The molecule has 0 bridgehead atoms. The van der Waals surface area contributed by atoms with Crippen LogP contribution in [0.25, 0.3) is 0 Å². The van der Waals surface area contributed by atoms with Crippen LogP contribution in [-0.4, -0.2) is 76.1 Å². The molecule has 1 atom stereocenters. The van der Waals surface area contributed by atoms with Crippen LogP contribution in [-0.2, 0) is 14.9 Å². The predicted molar refractivity (Wildman–Crippen MR) is 139 cm³/mol. The molecule has 31 heavy (non-hydrogen) atoms. The molecule has 0 radical (unpaired) electrons. The van der Waals surface area contributed by atoms with E-state index in [-0.39, 0.29) is 35.5 Å². The number of guanidine groups is 1. The third-order valence-corrected chi connectivity index (χ3v) is 6.06. The molecule has 2 aliphatic heterocycles. The standard InChI is InChI=1S/C24H40N4O2.HI/c1-4-25-23(26-16-22-18-28(12-15-30-22)17-20(2)3)27-19-24(10-13-29-14-11-24)21-8-6-5-7-9-21;/h5-9,20,22H,4,10-19H2,1-3H3,(H2,25,26,27);1H. The zero-order valence-electron chi connectivity index (χ0n) is 19.4. The summed E-state index contributed by atoms with van der Waals surface area (Å²) in [5.74, 6) is 1.56. The zero-order valence-corrected chi connectivity index (χ0v) is 21.8. The van der Waals surface area contributed by atoms with Gasteiger partial charge in [0.15, 0.2) is 5.96 Å². The molecule has 1 aromatic rings. The Morgan fingerprint density at radius 2 is 1.90 bits per heavy atom. The molecule has 2 saturated heterocycles. The van der Waals surface area contributed by atoms with Gasteiger partial charge in [0.25, 0.3) is 0 Å². The first-order valence-corrected chi connectivity index (χ1v) is 11.6. The van der Waals surface area contributed by atoms with Crippen molar-refractivity contribution >= 4 is 29.9 Å². The Balaban J connectivity index is 0.00000341. The molecule has 2 aliphatic rings. The Kier molecular flexibility index (Phi) is 11.6. The first-order chi connectivity index (χ1) is 14.6. The summed E-state index contributed by atoms with van der Waals surface area (Å²) >= 11 is 0. The molecule has 2 heterocycles. The summed E-state index contributed by atoms with van der Waals surface area (Å²) in [7, 11) is 0. The maximum absolute atomic E-state index is 6.00. The fourth-order valence-electron chi connectivity index (χ4n) is 4.46. The van der Waals surface area contributed by atoms with E-state index in [1.807, 2.05) is 0 Å². The van der Waals surface area contributed by atoms with Gasteiger partial charge >= 0.3 is 0 Å². The van der Waals surface area contributed by atoms with Crippen LogP contribution in [0.1, 0.15) is 39.2 Å². The number of hydrogen-bond donors (Lipinski definition) is 2. The van der Waals surface area contributed by atoms with Gasteiger partial charge in [-0.3, -0.25) is 9.89 Å². The SMILES string of the molecule is CCNC(=NCC1(c2ccccc2)CCOCC1)NCC1CN(CC(C)C)CCO1.I. The number of nitrogens with one attached hydrogen (secondary N) is 2. The summed E-state index contributed by atoms with van der Waals surface area (Å²) < 4.78 is 11.7. The van der Waals surface area contributed by atoms with Crippen molar-refractivity contribution in [3.05, 3.63) is 35.9 Å². The van der Waals surface area contributed by atoms with Crippen LogP contribution in [0, 0.1) is 5.92 Å². The Hall–Kier alpha value is -0.900. The predicted octanol–water partition coefficient (Wildman–Crippen LogP) is 3.26. The fraction of sp³-hybridized carbons (Fsp3) is 0.708. The second-order valence-corrected chi connectivity index (χ2v) is 8.98. The van der Waals surface area contributed by atoms with Gasteiger partial charge in [-0.15, -0.1) is 24.0 Å². The van der Waals surface area contributed by atoms with Crippen LogP contribution in [0.5, 0.6) is 0 Å². The molecule has 176 valence electrons. The van der Waals surface area contributed by atoms with Crippen molar-refractivity contribution in [2.24, 2.45) is 10.9 Å². The molecule has 1 unspecified atom stereocenters. The van der Waals surface area contributed by atoms with Gasteiger partial charge in [0, 0.05) is 51.4 Å². The van der Waals surface area contributed by atoms with Crippen LogP contribution in [0.4, 0.5) is 0 Å². The third kappa shape index (κ3) is 8.18. The molecule has 0 aromatic heterocycles. The minimum absolute atomic E-state index is 0. The van der Waals surface area contributed by atoms with E-state index >= 15 is 0 Å². The zero-order chi connectivity index (χ0) is 21.2. The minimum atomic E-state index is 0. The van der Waals surface area contributed by atoms with Crippen LogP contribution in [0.2, 0.25) is 0 Å². The first-order valence-electron chi connectivity index (χ1n) is 11.6. The number of nitrogens with zero attached hydrogens (tertiary/aromatic N) is 2. The van der Waals surface area contributed by atoms with Crippen molar-refractivity contribution in [2.45, 2.75) is 45.1 Å². The van der Waals surface area contributed by atoms with Crippen molar-refractivity contribution in [3.8, 4) is 0 Å². The van der Waals surface area contributed by atoms with Gasteiger partial charge in [-0.25, -0.2) is 0 Å². The Labute approximate surface area is 205 Å². The minimum Gasteiger partial charge on any atom is -0.381 e. The number of halogens is 1. The molecule has 2 fully saturated rings. The molecule has 0 saturated carbocycles. The normalized spacial score (nSPS) is 22.1. The van der Waals surface area contributed by atoms with E-state index in [0.29, 0.717) is 5.92 Å². The highest BCUT2D eigenvalue weighted by Gasteiger charge is 2.34. The highest BCUT2D eigenvalue weighted by atomic mass is 127. The molecule has 6 nitrogen and oxygen atoms in total. The quantitative estimate of drug-likeness (QED) is 0.299. The molecule has 0 amide bonds. The molecule has 2 N–H and O–H groups in total. The molecule has 0 spiro atoms. The van der Waals surface area contributed by atoms with E-state index in [2.05, 4.69) is 66.6 Å². The monoisotopic (exact) mass is 544 g/mol. The van der Waals surface area contributed by atoms with E-state index < -0.39 is 0 Å². The lowest BCUT2D eigenvalue weighted by molar-refractivity contribution is -0.0284. The molecule has 1 aromatic carbocycles. The fourth-order valence-corrected chi connectivity index (χ4v) is 4.46. The van der Waals surface area contributed by atoms with Gasteiger partial charge in [-0.2, -0.15) is 0 Å². The van der Waals surface area contributed by atoms with E-state index in [9.17, 15) is 0 Å². The summed E-state index contributed by atoms with van der Waals surface area (Å²) in [6.07, 6.45) is 2.22. The third-order valence-electron chi connectivity index (χ3n) is 6.06. The van der Waals surface area contributed by atoms with E-state index in [0.717, 1.165) is 77.9 Å². The van der Waals surface area contributed by atoms with Gasteiger partial charge in [0.05, 0.1) is 19.3 Å². The Morgan fingerprint density at radius 1 is 1.16 bits per heavy atom. The van der Waals surface area contributed by atoms with E-state index in [1.165, 1.54) is 5.56 Å². The van der Waals surface area contributed by atoms with Crippen LogP contribution < -0.4 is 10.6 Å². The van der Waals surface area contributed by atoms with Crippen molar-refractivity contribution < 1.29 is 9.47 Å². The topological polar surface area (TPSA) is 58.1 Å². The molecule has 0 aliphatic carbocycles. The summed E-state index contributed by atoms with van der Waals surface area (Å²) in [5, 5.41) is 6.94. The van der Waals surface area contributed by atoms with E-state index in [4.69, 9.17) is 14.5 Å². The molecule has 3 rings (SSSR count). The van der Waals surface area contributed by atoms with Crippen LogP contribution >= 0.6 is 24.0 Å². The lowest BCUT2D eigenvalue weighted by atomic mass is 9.74. The van der Waals surface area contributed by atoms with Gasteiger partial charge in [-0.1, -0.05) is 44.2 Å². The second kappa shape index (κ2) is 13.6. The van der Waals surface area contributed by atoms with Gasteiger partial charge in [-0.05, 0) is 31.2 Å². The summed E-state index contributed by atoms with van der Waals surface area (Å²) in [6, 6.07) is 10.8.